The summed E-state index contributed by atoms with van der Waals surface area (Å²) in [5.74, 6) is -0.131. The van der Waals surface area contributed by atoms with Crippen molar-refractivity contribution in [3.8, 4) is 0 Å². The van der Waals surface area contributed by atoms with E-state index in [4.69, 9.17) is 5.73 Å². The lowest BCUT2D eigenvalue weighted by molar-refractivity contribution is -0.125. The van der Waals surface area contributed by atoms with Crippen LogP contribution in [0, 0.1) is 0 Å². The molecule has 0 aliphatic carbocycles. The van der Waals surface area contributed by atoms with Gasteiger partial charge >= 0.3 is 0 Å². The maximum atomic E-state index is 11.3. The maximum Gasteiger partial charge on any atom is 0.246 e. The third kappa shape index (κ3) is 3.93. The fourth-order valence-electron chi connectivity index (χ4n) is 0.706. The molecule has 80 valence electrons. The molecule has 0 aliphatic heterocycles. The topological polar surface area (TPSA) is 79.5 Å². The number of carbonyl (C=O) groups is 1. The van der Waals surface area contributed by atoms with Crippen LogP contribution in [-0.2, 0) is 4.79 Å². The molecule has 0 heterocycles. The maximum absolute atomic E-state index is 11.3. The molecular formula is C9H18N4O. The minimum Gasteiger partial charge on any atom is -0.398 e. The first-order chi connectivity index (χ1) is 6.44. The molecule has 0 fully saturated rings. The highest BCUT2D eigenvalue weighted by Gasteiger charge is 2.25. The number of rotatable bonds is 4. The minimum atomic E-state index is -0.737. The van der Waals surface area contributed by atoms with E-state index in [-0.39, 0.29) is 5.91 Å². The van der Waals surface area contributed by atoms with Crippen LogP contribution < -0.4 is 16.5 Å². The van der Waals surface area contributed by atoms with Gasteiger partial charge in [0.2, 0.25) is 5.91 Å². The summed E-state index contributed by atoms with van der Waals surface area (Å²) in [5, 5.41) is 6.39. The van der Waals surface area contributed by atoms with Crippen LogP contribution in [0.1, 0.15) is 20.8 Å². The van der Waals surface area contributed by atoms with Crippen molar-refractivity contribution in [2.24, 2.45) is 10.8 Å². The Morgan fingerprint density at radius 2 is 2.07 bits per heavy atom. The number of amides is 1. The molecule has 0 aromatic heterocycles. The predicted molar refractivity (Wildman–Crippen MR) is 57.7 cm³/mol. The second-order valence-corrected chi connectivity index (χ2v) is 3.36. The minimum absolute atomic E-state index is 0.131. The Balaban J connectivity index is 4.25. The molecule has 5 nitrogen and oxygen atoms in total. The fourth-order valence-corrected chi connectivity index (χ4v) is 0.706. The van der Waals surface area contributed by atoms with Gasteiger partial charge < -0.3 is 11.1 Å². The molecule has 0 radical (unpaired) electrons. The smallest absolute Gasteiger partial charge is 0.246 e. The van der Waals surface area contributed by atoms with E-state index in [1.54, 1.807) is 27.0 Å². The summed E-state index contributed by atoms with van der Waals surface area (Å²) < 4.78 is 0. The van der Waals surface area contributed by atoms with Gasteiger partial charge in [0.25, 0.3) is 0 Å². The highest BCUT2D eigenvalue weighted by atomic mass is 16.2. The Hall–Kier alpha value is -1.52. The molecule has 0 spiro atoms. The summed E-state index contributed by atoms with van der Waals surface area (Å²) in [6.45, 7) is 5.27. The molecule has 0 atom stereocenters. The molecule has 0 unspecified atom stereocenters. The van der Waals surface area contributed by atoms with Crippen LogP contribution >= 0.6 is 0 Å². The van der Waals surface area contributed by atoms with Gasteiger partial charge in [-0.25, -0.2) is 0 Å². The van der Waals surface area contributed by atoms with Crippen molar-refractivity contribution >= 4 is 12.1 Å². The van der Waals surface area contributed by atoms with Gasteiger partial charge in [-0.3, -0.25) is 10.2 Å². The van der Waals surface area contributed by atoms with Gasteiger partial charge in [-0.2, -0.15) is 5.10 Å². The molecule has 4 N–H and O–H groups in total. The van der Waals surface area contributed by atoms with Crippen LogP contribution in [0.25, 0.3) is 0 Å². The van der Waals surface area contributed by atoms with E-state index in [1.807, 2.05) is 6.92 Å². The average Bonchev–Trinajstić information content (AvgIpc) is 2.15. The number of nitrogens with zero attached hydrogens (tertiary/aromatic N) is 1. The van der Waals surface area contributed by atoms with Crippen LogP contribution in [0.4, 0.5) is 0 Å². The summed E-state index contributed by atoms with van der Waals surface area (Å²) >= 11 is 0. The standard InChI is InChI=1S/C9H18N4O/c1-5-7(10)6-12-13-9(2,3)8(14)11-4/h5-6,13H,10H2,1-4H3,(H,11,14)/b7-5+,12-6-. The molecule has 1 amide bonds. The van der Waals surface area contributed by atoms with Crippen LogP contribution in [0.5, 0.6) is 0 Å². The largest absolute Gasteiger partial charge is 0.398 e. The second kappa shape index (κ2) is 5.26. The Kier molecular flexibility index (Phi) is 4.69. The third-order valence-electron chi connectivity index (χ3n) is 1.69. The van der Waals surface area contributed by atoms with Crippen molar-refractivity contribution in [3.63, 3.8) is 0 Å². The first-order valence-corrected chi connectivity index (χ1v) is 4.38. The van der Waals surface area contributed by atoms with Crippen molar-refractivity contribution in [2.75, 3.05) is 7.05 Å². The van der Waals surface area contributed by atoms with E-state index in [0.717, 1.165) is 0 Å². The summed E-state index contributed by atoms with van der Waals surface area (Å²) in [6, 6.07) is 0. The lowest BCUT2D eigenvalue weighted by Crippen LogP contribution is -2.49. The number of nitrogens with two attached hydrogens (primary N) is 1. The fraction of sp³-hybridized carbons (Fsp3) is 0.556. The van der Waals surface area contributed by atoms with Gasteiger partial charge in [0.1, 0.15) is 5.54 Å². The van der Waals surface area contributed by atoms with E-state index >= 15 is 0 Å². The first-order valence-electron chi connectivity index (χ1n) is 4.38. The molecular weight excluding hydrogens is 180 g/mol. The van der Waals surface area contributed by atoms with Gasteiger partial charge in [-0.15, -0.1) is 0 Å². The van der Waals surface area contributed by atoms with Gasteiger partial charge in [-0.1, -0.05) is 6.08 Å². The first kappa shape index (κ1) is 12.5. The zero-order valence-electron chi connectivity index (χ0n) is 9.09. The number of carbonyl (C=O) groups excluding carboxylic acids is 1. The van der Waals surface area contributed by atoms with E-state index in [1.165, 1.54) is 6.21 Å². The van der Waals surface area contributed by atoms with Crippen molar-refractivity contribution in [1.29, 1.82) is 0 Å². The van der Waals surface area contributed by atoms with E-state index in [9.17, 15) is 4.79 Å². The zero-order chi connectivity index (χ0) is 11.2. The van der Waals surface area contributed by atoms with Gasteiger partial charge in [-0.05, 0) is 20.8 Å². The average molecular weight is 198 g/mol. The van der Waals surface area contributed by atoms with Gasteiger partial charge in [0, 0.05) is 12.7 Å². The number of nitrogens with one attached hydrogen (secondary N) is 2. The van der Waals surface area contributed by atoms with E-state index in [2.05, 4.69) is 15.8 Å². The monoisotopic (exact) mass is 198 g/mol. The van der Waals surface area contributed by atoms with Gasteiger partial charge in [0.05, 0.1) is 6.21 Å². The summed E-state index contributed by atoms with van der Waals surface area (Å²) in [6.07, 6.45) is 3.18. The van der Waals surface area contributed by atoms with Crippen molar-refractivity contribution in [1.82, 2.24) is 10.7 Å². The van der Waals surface area contributed by atoms with Crippen molar-refractivity contribution in [3.05, 3.63) is 11.8 Å². The Morgan fingerprint density at radius 1 is 1.50 bits per heavy atom. The van der Waals surface area contributed by atoms with E-state index < -0.39 is 5.54 Å². The van der Waals surface area contributed by atoms with Crippen LogP contribution in [0.15, 0.2) is 16.9 Å². The second-order valence-electron chi connectivity index (χ2n) is 3.36. The van der Waals surface area contributed by atoms with Crippen molar-refractivity contribution in [2.45, 2.75) is 26.3 Å². The Morgan fingerprint density at radius 3 is 2.50 bits per heavy atom. The van der Waals surface area contributed by atoms with Crippen LogP contribution in [0.2, 0.25) is 0 Å². The molecule has 0 aliphatic rings. The highest BCUT2D eigenvalue weighted by Crippen LogP contribution is 2.00. The molecule has 0 aromatic carbocycles. The summed E-state index contributed by atoms with van der Waals surface area (Å²) in [5.41, 5.74) is 8.00. The molecule has 5 heteroatoms. The number of likely N-dealkylation sites (N-methyl/N-ethyl adjacent to an activating group) is 1. The number of allylic oxidation sites excluding steroid dienone is 2. The zero-order valence-corrected chi connectivity index (χ0v) is 9.09. The predicted octanol–water partition coefficient (Wildman–Crippen LogP) is -0.0511. The Bertz CT molecular complexity index is 256. The van der Waals surface area contributed by atoms with Crippen molar-refractivity contribution < 1.29 is 4.79 Å². The summed E-state index contributed by atoms with van der Waals surface area (Å²) in [7, 11) is 1.58. The number of hydrazone groups is 1. The molecule has 0 bridgehead atoms. The molecule has 0 rings (SSSR count). The Labute approximate surface area is 84.4 Å². The molecule has 14 heavy (non-hydrogen) atoms. The number of hydrogen-bond acceptors (Lipinski definition) is 4. The molecule has 0 saturated carbocycles. The van der Waals surface area contributed by atoms with E-state index in [0.29, 0.717) is 5.70 Å². The SMILES string of the molecule is C/C=C(N)\C=N/NC(C)(C)C(=O)NC. The quantitative estimate of drug-likeness (QED) is 0.437. The lowest BCUT2D eigenvalue weighted by atomic mass is 10.1. The van der Waals surface area contributed by atoms with Crippen LogP contribution in [-0.4, -0.2) is 24.7 Å². The van der Waals surface area contributed by atoms with Gasteiger partial charge in [0.15, 0.2) is 0 Å². The molecule has 0 saturated heterocycles. The normalized spacial score (nSPS) is 13.0. The third-order valence-corrected chi connectivity index (χ3v) is 1.69. The summed E-state index contributed by atoms with van der Waals surface area (Å²) in [4.78, 5) is 11.3. The highest BCUT2D eigenvalue weighted by molar-refractivity contribution is 5.85. The lowest BCUT2D eigenvalue weighted by Gasteiger charge is -2.21. The van der Waals surface area contributed by atoms with Crippen LogP contribution in [0.3, 0.4) is 0 Å². The number of hydrogen-bond donors (Lipinski definition) is 3. The molecule has 0 aromatic rings.